The molecule has 3 aromatic rings. The highest BCUT2D eigenvalue weighted by atomic mass is 35.5. The van der Waals surface area contributed by atoms with Gasteiger partial charge in [-0.05, 0) is 31.4 Å². The largest absolute Gasteiger partial charge is 0.336 e. The van der Waals surface area contributed by atoms with Crippen molar-refractivity contribution in [3.63, 3.8) is 0 Å². The number of halogens is 1. The highest BCUT2D eigenvalue weighted by molar-refractivity contribution is 6.06. The van der Waals surface area contributed by atoms with Gasteiger partial charge < -0.3 is 15.2 Å². The fourth-order valence-corrected chi connectivity index (χ4v) is 4.09. The van der Waals surface area contributed by atoms with E-state index in [1.165, 1.54) is 5.56 Å². The Kier molecular flexibility index (Phi) is 4.85. The molecule has 5 rings (SSSR count). The summed E-state index contributed by atoms with van der Waals surface area (Å²) in [7, 11) is 0. The Labute approximate surface area is 169 Å². The summed E-state index contributed by atoms with van der Waals surface area (Å²) in [5, 5.41) is 4.75. The van der Waals surface area contributed by atoms with Crippen LogP contribution in [0, 0.1) is 6.92 Å². The van der Waals surface area contributed by atoms with Gasteiger partial charge in [0.05, 0.1) is 16.6 Å². The van der Waals surface area contributed by atoms with E-state index in [2.05, 4.69) is 22.3 Å². The summed E-state index contributed by atoms with van der Waals surface area (Å²) >= 11 is 0. The Bertz CT molecular complexity index is 1020. The number of rotatable bonds is 3. The predicted molar refractivity (Wildman–Crippen MR) is 109 cm³/mol. The lowest BCUT2D eigenvalue weighted by molar-refractivity contribution is 0.0791. The van der Waals surface area contributed by atoms with E-state index in [1.54, 1.807) is 0 Å². The van der Waals surface area contributed by atoms with E-state index >= 15 is 0 Å². The van der Waals surface area contributed by atoms with Crippen LogP contribution in [0.5, 0.6) is 0 Å². The fourth-order valence-electron chi connectivity index (χ4n) is 4.09. The summed E-state index contributed by atoms with van der Waals surface area (Å²) in [5.74, 6) is 0.577. The molecule has 0 bridgehead atoms. The summed E-state index contributed by atoms with van der Waals surface area (Å²) in [6.45, 7) is 3.02. The number of hydrogen-bond acceptors (Lipinski definition) is 5. The number of likely N-dealkylation sites (tertiary alicyclic amines) is 1. The van der Waals surface area contributed by atoms with Gasteiger partial charge in [0.2, 0.25) is 0 Å². The van der Waals surface area contributed by atoms with Gasteiger partial charge in [-0.15, -0.1) is 12.4 Å². The van der Waals surface area contributed by atoms with Crippen LogP contribution in [0.2, 0.25) is 0 Å². The molecule has 1 aliphatic carbocycles. The first-order chi connectivity index (χ1) is 13.1. The topological polar surface area (TPSA) is 85.2 Å². The third kappa shape index (κ3) is 3.16. The molecule has 0 radical (unpaired) electrons. The van der Waals surface area contributed by atoms with Crippen LogP contribution in [0.25, 0.3) is 11.1 Å². The number of benzene rings is 1. The number of fused-ring (bicyclic) bond motifs is 1. The molecule has 146 valence electrons. The number of amides is 1. The van der Waals surface area contributed by atoms with Crippen molar-refractivity contribution in [2.45, 2.75) is 37.6 Å². The zero-order valence-corrected chi connectivity index (χ0v) is 16.5. The quantitative estimate of drug-likeness (QED) is 0.730. The van der Waals surface area contributed by atoms with Crippen molar-refractivity contribution in [2.24, 2.45) is 5.73 Å². The summed E-state index contributed by atoms with van der Waals surface area (Å²) in [6.07, 6.45) is 2.23. The Morgan fingerprint density at radius 1 is 1.21 bits per heavy atom. The maximum atomic E-state index is 13.4. The van der Waals surface area contributed by atoms with E-state index in [9.17, 15) is 4.79 Å². The normalized spacial score (nSPS) is 21.7. The second-order valence-electron chi connectivity index (χ2n) is 7.71. The van der Waals surface area contributed by atoms with E-state index in [1.807, 2.05) is 36.1 Å². The number of aromatic nitrogens is 2. The third-order valence-electron chi connectivity index (χ3n) is 5.74. The summed E-state index contributed by atoms with van der Waals surface area (Å²) in [4.78, 5) is 19.8. The molecule has 2 fully saturated rings. The lowest BCUT2D eigenvalue weighted by Gasteiger charge is -2.17. The van der Waals surface area contributed by atoms with Crippen LogP contribution in [0.1, 0.15) is 52.0 Å². The molecular weight excluding hydrogens is 376 g/mol. The van der Waals surface area contributed by atoms with E-state index in [-0.39, 0.29) is 30.3 Å². The van der Waals surface area contributed by atoms with Crippen LogP contribution in [-0.4, -0.2) is 40.1 Å². The van der Waals surface area contributed by atoms with Gasteiger partial charge in [-0.3, -0.25) is 4.79 Å². The van der Waals surface area contributed by atoms with Crippen LogP contribution in [0.4, 0.5) is 0 Å². The second-order valence-corrected chi connectivity index (χ2v) is 7.71. The van der Waals surface area contributed by atoms with Gasteiger partial charge >= 0.3 is 0 Å². The molecule has 2 aromatic heterocycles. The van der Waals surface area contributed by atoms with E-state index in [0.29, 0.717) is 36.0 Å². The van der Waals surface area contributed by atoms with Gasteiger partial charge in [0.1, 0.15) is 0 Å². The second kappa shape index (κ2) is 7.18. The molecule has 2 aliphatic rings. The SMILES string of the molecule is Cc1noc2nc(C3CC3)cc(C(=O)N3C[C@@H](N)[C@H](c4ccccc4)C3)c12.Cl. The van der Waals surface area contributed by atoms with Crippen molar-refractivity contribution in [2.75, 3.05) is 13.1 Å². The monoisotopic (exact) mass is 398 g/mol. The number of carbonyl (C=O) groups is 1. The number of pyridine rings is 1. The summed E-state index contributed by atoms with van der Waals surface area (Å²) in [6, 6.07) is 12.1. The standard InChI is InChI=1S/C21H22N4O2.ClH/c1-12-19-15(9-18(14-7-8-14)23-20(19)27-24-12)21(26)25-10-16(17(22)11-25)13-5-3-2-4-6-13;/h2-6,9,14,16-17H,7-8,10-11,22H2,1H3;1H/t16-,17+;/m0./s1. The first kappa shape index (κ1) is 18.9. The van der Waals surface area contributed by atoms with Crippen LogP contribution >= 0.6 is 12.4 Å². The van der Waals surface area contributed by atoms with Gasteiger partial charge in [-0.1, -0.05) is 35.5 Å². The highest BCUT2D eigenvalue weighted by Crippen LogP contribution is 2.41. The molecule has 2 N–H and O–H groups in total. The molecule has 1 saturated heterocycles. The van der Waals surface area contributed by atoms with Crippen LogP contribution in [0.15, 0.2) is 40.9 Å². The van der Waals surface area contributed by atoms with E-state index < -0.39 is 0 Å². The zero-order valence-electron chi connectivity index (χ0n) is 15.7. The van der Waals surface area contributed by atoms with Crippen LogP contribution in [-0.2, 0) is 0 Å². The zero-order chi connectivity index (χ0) is 18.5. The summed E-state index contributed by atoms with van der Waals surface area (Å²) < 4.78 is 5.38. The average molecular weight is 399 g/mol. The van der Waals surface area contributed by atoms with Gasteiger partial charge in [0.15, 0.2) is 0 Å². The fraction of sp³-hybridized carbons (Fsp3) is 0.381. The Balaban J connectivity index is 0.00000192. The lowest BCUT2D eigenvalue weighted by Crippen LogP contribution is -2.32. The minimum Gasteiger partial charge on any atom is -0.336 e. The number of carbonyl (C=O) groups excluding carboxylic acids is 1. The molecule has 2 atom stereocenters. The van der Waals surface area contributed by atoms with E-state index in [4.69, 9.17) is 10.3 Å². The molecule has 7 heteroatoms. The van der Waals surface area contributed by atoms with Gasteiger partial charge in [0, 0.05) is 36.7 Å². The van der Waals surface area contributed by atoms with E-state index in [0.717, 1.165) is 23.9 Å². The molecule has 1 aliphatic heterocycles. The lowest BCUT2D eigenvalue weighted by atomic mass is 9.95. The van der Waals surface area contributed by atoms with Crippen molar-refractivity contribution in [1.29, 1.82) is 0 Å². The van der Waals surface area contributed by atoms with Gasteiger partial charge in [0.25, 0.3) is 11.6 Å². The minimum absolute atomic E-state index is 0. The Morgan fingerprint density at radius 2 is 1.96 bits per heavy atom. The first-order valence-corrected chi connectivity index (χ1v) is 9.48. The van der Waals surface area contributed by atoms with Gasteiger partial charge in [-0.2, -0.15) is 0 Å². The Hall–Kier alpha value is -2.44. The predicted octanol–water partition coefficient (Wildman–Crippen LogP) is 3.40. The molecule has 1 saturated carbocycles. The summed E-state index contributed by atoms with van der Waals surface area (Å²) in [5.41, 5.74) is 10.3. The maximum absolute atomic E-state index is 13.4. The van der Waals surface area contributed by atoms with Crippen molar-refractivity contribution < 1.29 is 9.32 Å². The molecular formula is C21H23ClN4O2. The molecule has 1 aromatic carbocycles. The third-order valence-corrected chi connectivity index (χ3v) is 5.74. The van der Waals surface area contributed by atoms with Crippen molar-refractivity contribution >= 4 is 29.4 Å². The molecule has 6 nitrogen and oxygen atoms in total. The molecule has 28 heavy (non-hydrogen) atoms. The van der Waals surface area contributed by atoms with Crippen LogP contribution in [0.3, 0.4) is 0 Å². The molecule has 0 spiro atoms. The minimum atomic E-state index is -0.0693. The molecule has 0 unspecified atom stereocenters. The Morgan fingerprint density at radius 3 is 2.68 bits per heavy atom. The molecule has 3 heterocycles. The number of hydrogen-bond donors (Lipinski definition) is 1. The first-order valence-electron chi connectivity index (χ1n) is 9.48. The average Bonchev–Trinajstić information content (AvgIpc) is 3.38. The van der Waals surface area contributed by atoms with Crippen molar-refractivity contribution in [3.05, 3.63) is 58.9 Å². The smallest absolute Gasteiger partial charge is 0.259 e. The van der Waals surface area contributed by atoms with Gasteiger partial charge in [-0.25, -0.2) is 4.98 Å². The number of nitrogens with two attached hydrogens (primary N) is 1. The number of nitrogens with zero attached hydrogens (tertiary/aromatic N) is 3. The molecule has 1 amide bonds. The van der Waals surface area contributed by atoms with Crippen molar-refractivity contribution in [1.82, 2.24) is 15.0 Å². The maximum Gasteiger partial charge on any atom is 0.259 e. The number of aryl methyl sites for hydroxylation is 1. The van der Waals surface area contributed by atoms with Crippen LogP contribution < -0.4 is 5.73 Å². The van der Waals surface area contributed by atoms with Crippen molar-refractivity contribution in [3.8, 4) is 0 Å². The highest BCUT2D eigenvalue weighted by Gasteiger charge is 2.36.